The maximum atomic E-state index is 13.0. The van der Waals surface area contributed by atoms with E-state index in [9.17, 15) is 8.42 Å². The molecule has 0 amide bonds. The van der Waals surface area contributed by atoms with Crippen LogP contribution in [0.2, 0.25) is 5.02 Å². The molecule has 1 unspecified atom stereocenters. The second-order valence-corrected chi connectivity index (χ2v) is 8.41. The van der Waals surface area contributed by atoms with Gasteiger partial charge in [-0.3, -0.25) is 0 Å². The number of sulfonamides is 1. The highest BCUT2D eigenvalue weighted by Crippen LogP contribution is 2.27. The molecule has 0 saturated carbocycles. The third-order valence-electron chi connectivity index (χ3n) is 4.22. The third kappa shape index (κ3) is 4.08. The van der Waals surface area contributed by atoms with Gasteiger partial charge in [0.25, 0.3) is 0 Å². The predicted molar refractivity (Wildman–Crippen MR) is 97.2 cm³/mol. The predicted octanol–water partition coefficient (Wildman–Crippen LogP) is 2.68. The highest BCUT2D eigenvalue weighted by molar-refractivity contribution is 7.89. The van der Waals surface area contributed by atoms with Gasteiger partial charge in [0.05, 0.1) is 18.6 Å². The number of halogens is 1. The molecule has 1 aromatic carbocycles. The van der Waals surface area contributed by atoms with Crippen molar-refractivity contribution in [2.75, 3.05) is 20.2 Å². The van der Waals surface area contributed by atoms with E-state index in [0.717, 1.165) is 6.42 Å². The summed E-state index contributed by atoms with van der Waals surface area (Å²) in [5.74, 6) is 0.732. The fourth-order valence-corrected chi connectivity index (χ4v) is 4.86. The van der Waals surface area contributed by atoms with Gasteiger partial charge in [-0.15, -0.1) is 10.2 Å². The zero-order valence-corrected chi connectivity index (χ0v) is 16.1. The maximum Gasteiger partial charge on any atom is 0.243 e. The Morgan fingerprint density at radius 1 is 1.19 bits per heavy atom. The first-order valence-electron chi connectivity index (χ1n) is 8.21. The average Bonchev–Trinajstić information content (AvgIpc) is 2.64. The third-order valence-corrected chi connectivity index (χ3v) is 6.46. The van der Waals surface area contributed by atoms with Crippen molar-refractivity contribution in [1.29, 1.82) is 0 Å². The molecular weight excluding hydrogens is 378 g/mol. The summed E-state index contributed by atoms with van der Waals surface area (Å²) in [6.07, 6.45) is 1.15. The lowest BCUT2D eigenvalue weighted by Crippen LogP contribution is -2.44. The summed E-state index contributed by atoms with van der Waals surface area (Å²) < 4.78 is 38.2. The van der Waals surface area contributed by atoms with Crippen molar-refractivity contribution in [3.63, 3.8) is 0 Å². The topological polar surface area (TPSA) is 81.6 Å². The first kappa shape index (κ1) is 18.9. The van der Waals surface area contributed by atoms with Crippen LogP contribution in [-0.4, -0.2) is 49.2 Å². The van der Waals surface area contributed by atoms with Crippen molar-refractivity contribution in [2.45, 2.75) is 30.8 Å². The van der Waals surface area contributed by atoms with Crippen molar-refractivity contribution in [1.82, 2.24) is 14.5 Å². The Balaban J connectivity index is 1.75. The minimum atomic E-state index is -3.64. The molecule has 1 saturated heterocycles. The molecule has 1 atom stereocenters. The second kappa shape index (κ2) is 7.77. The summed E-state index contributed by atoms with van der Waals surface area (Å²) in [4.78, 5) is 0.231. The molecule has 3 rings (SSSR count). The number of ether oxygens (including phenoxy) is 2. The van der Waals surface area contributed by atoms with Crippen molar-refractivity contribution in [2.24, 2.45) is 0 Å². The minimum Gasteiger partial charge on any atom is -0.480 e. The molecule has 1 aliphatic heterocycles. The Labute approximate surface area is 157 Å². The Bertz CT molecular complexity index is 874. The Morgan fingerprint density at radius 3 is 2.62 bits per heavy atom. The van der Waals surface area contributed by atoms with Gasteiger partial charge in [0.15, 0.2) is 0 Å². The highest BCUT2D eigenvalue weighted by atomic mass is 35.5. The molecule has 9 heteroatoms. The molecule has 1 fully saturated rings. The molecule has 7 nitrogen and oxygen atoms in total. The molecule has 0 spiro atoms. The monoisotopic (exact) mass is 397 g/mol. The molecule has 2 aromatic rings. The number of rotatable bonds is 5. The van der Waals surface area contributed by atoms with E-state index in [2.05, 4.69) is 10.2 Å². The number of benzene rings is 1. The Morgan fingerprint density at radius 2 is 1.92 bits per heavy atom. The van der Waals surface area contributed by atoms with E-state index in [1.165, 1.54) is 17.5 Å². The molecule has 0 N–H and O–H groups in total. The van der Waals surface area contributed by atoms with Gasteiger partial charge in [0, 0.05) is 23.7 Å². The van der Waals surface area contributed by atoms with Crippen LogP contribution in [0.5, 0.6) is 11.8 Å². The lowest BCUT2D eigenvalue weighted by atomic mass is 10.1. The quantitative estimate of drug-likeness (QED) is 0.771. The molecule has 0 aliphatic carbocycles. The smallest absolute Gasteiger partial charge is 0.243 e. The molecule has 0 radical (unpaired) electrons. The second-order valence-electron chi connectivity index (χ2n) is 6.07. The largest absolute Gasteiger partial charge is 0.480 e. The van der Waals surface area contributed by atoms with Gasteiger partial charge >= 0.3 is 0 Å². The SMILES string of the molecule is COc1ccc(OC2CCCN(S(=O)(=O)c3cc(Cl)ccc3C)C2)nn1. The minimum absolute atomic E-state index is 0.231. The number of hydrogen-bond donors (Lipinski definition) is 0. The maximum absolute atomic E-state index is 13.0. The number of methoxy groups -OCH3 is 1. The average molecular weight is 398 g/mol. The molecule has 0 bridgehead atoms. The summed E-state index contributed by atoms with van der Waals surface area (Å²) in [6, 6.07) is 8.18. The Hall–Kier alpha value is -1.90. The summed E-state index contributed by atoms with van der Waals surface area (Å²) in [7, 11) is -2.13. The standard InChI is InChI=1S/C17H20ClN3O4S/c1-12-5-6-13(18)10-15(12)26(22,23)21-9-3-4-14(11-21)25-17-8-7-16(24-2)19-20-17/h5-8,10,14H,3-4,9,11H2,1-2H3. The summed E-state index contributed by atoms with van der Waals surface area (Å²) in [5.41, 5.74) is 0.665. The molecular formula is C17H20ClN3O4S. The van der Waals surface area contributed by atoms with Crippen LogP contribution in [0.25, 0.3) is 0 Å². The van der Waals surface area contributed by atoms with Crippen molar-refractivity contribution in [3.8, 4) is 11.8 Å². The van der Waals surface area contributed by atoms with E-state index in [1.54, 1.807) is 31.2 Å². The first-order chi connectivity index (χ1) is 12.4. The number of piperidine rings is 1. The zero-order chi connectivity index (χ0) is 18.7. The zero-order valence-electron chi connectivity index (χ0n) is 14.6. The van der Waals surface area contributed by atoms with E-state index in [1.807, 2.05) is 0 Å². The molecule has 1 aromatic heterocycles. The molecule has 1 aliphatic rings. The summed E-state index contributed by atoms with van der Waals surface area (Å²) in [5, 5.41) is 8.18. The van der Waals surface area contributed by atoms with E-state index < -0.39 is 10.0 Å². The van der Waals surface area contributed by atoms with Crippen LogP contribution >= 0.6 is 11.6 Å². The number of aromatic nitrogens is 2. The summed E-state index contributed by atoms with van der Waals surface area (Å²) in [6.45, 7) is 2.46. The highest BCUT2D eigenvalue weighted by Gasteiger charge is 2.32. The summed E-state index contributed by atoms with van der Waals surface area (Å²) >= 11 is 5.99. The molecule has 2 heterocycles. The lowest BCUT2D eigenvalue weighted by molar-refractivity contribution is 0.123. The van der Waals surface area contributed by atoms with E-state index >= 15 is 0 Å². The van der Waals surface area contributed by atoms with Gasteiger partial charge < -0.3 is 9.47 Å². The van der Waals surface area contributed by atoms with Crippen LogP contribution < -0.4 is 9.47 Å². The van der Waals surface area contributed by atoms with Crippen molar-refractivity contribution in [3.05, 3.63) is 40.9 Å². The number of nitrogens with zero attached hydrogens (tertiary/aromatic N) is 3. The van der Waals surface area contributed by atoms with Gasteiger partial charge in [-0.1, -0.05) is 17.7 Å². The van der Waals surface area contributed by atoms with Crippen LogP contribution in [0.4, 0.5) is 0 Å². The fourth-order valence-electron chi connectivity index (χ4n) is 2.86. The van der Waals surface area contributed by atoms with E-state index in [-0.39, 0.29) is 17.5 Å². The van der Waals surface area contributed by atoms with Gasteiger partial charge in [0.1, 0.15) is 6.10 Å². The van der Waals surface area contributed by atoms with Crippen LogP contribution in [0.1, 0.15) is 18.4 Å². The molecule has 140 valence electrons. The number of hydrogen-bond acceptors (Lipinski definition) is 6. The van der Waals surface area contributed by atoms with Crippen molar-refractivity contribution < 1.29 is 17.9 Å². The van der Waals surface area contributed by atoms with Gasteiger partial charge in [-0.25, -0.2) is 8.42 Å². The lowest BCUT2D eigenvalue weighted by Gasteiger charge is -2.32. The molecule has 26 heavy (non-hydrogen) atoms. The van der Waals surface area contributed by atoms with Gasteiger partial charge in [0.2, 0.25) is 21.8 Å². The van der Waals surface area contributed by atoms with E-state index in [4.69, 9.17) is 21.1 Å². The normalized spacial score (nSPS) is 18.5. The van der Waals surface area contributed by atoms with Crippen molar-refractivity contribution >= 4 is 21.6 Å². The van der Waals surface area contributed by atoms with Crippen LogP contribution in [0.3, 0.4) is 0 Å². The Kier molecular flexibility index (Phi) is 5.64. The van der Waals surface area contributed by atoms with E-state index in [0.29, 0.717) is 35.3 Å². The number of aryl methyl sites for hydroxylation is 1. The van der Waals surface area contributed by atoms with Crippen LogP contribution in [0.15, 0.2) is 35.2 Å². The van der Waals surface area contributed by atoms with Gasteiger partial charge in [-0.05, 0) is 37.5 Å². The van der Waals surface area contributed by atoms with Gasteiger partial charge in [-0.2, -0.15) is 4.31 Å². The first-order valence-corrected chi connectivity index (χ1v) is 10.0. The van der Waals surface area contributed by atoms with Crippen LogP contribution in [0, 0.1) is 6.92 Å². The van der Waals surface area contributed by atoms with Crippen LogP contribution in [-0.2, 0) is 10.0 Å². The fraction of sp³-hybridized carbons (Fsp3) is 0.412.